The zero-order valence-corrected chi connectivity index (χ0v) is 8.25. The van der Waals surface area contributed by atoms with Gasteiger partial charge in [-0.3, -0.25) is 9.59 Å². The Labute approximate surface area is 79.1 Å². The third-order valence-corrected chi connectivity index (χ3v) is 2.88. The first-order valence-corrected chi connectivity index (χ1v) is 4.78. The van der Waals surface area contributed by atoms with Crippen LogP contribution in [0.25, 0.3) is 0 Å². The number of carbonyl (C=O) groups is 1. The Bertz CT molecular complexity index is 195. The van der Waals surface area contributed by atoms with Gasteiger partial charge in [0.05, 0.1) is 0 Å². The summed E-state index contributed by atoms with van der Waals surface area (Å²) in [7, 11) is 0. The first-order chi connectivity index (χ1) is 6.15. The molecule has 1 atom stereocenters. The number of carbonyl (C=O) groups excluding carboxylic acids is 2. The van der Waals surface area contributed by atoms with Crippen LogP contribution >= 0.6 is 0 Å². The summed E-state index contributed by atoms with van der Waals surface area (Å²) in [5, 5.41) is 0. The molecule has 1 radical (unpaired) electrons. The van der Waals surface area contributed by atoms with Gasteiger partial charge in [0.1, 0.15) is 0 Å². The van der Waals surface area contributed by atoms with Gasteiger partial charge in [0.15, 0.2) is 0 Å². The molecule has 73 valence electrons. The predicted molar refractivity (Wildman–Crippen MR) is 49.8 cm³/mol. The Morgan fingerprint density at radius 1 is 1.46 bits per heavy atom. The van der Waals surface area contributed by atoms with Gasteiger partial charge in [-0.15, -0.1) is 0 Å². The van der Waals surface area contributed by atoms with Crippen LogP contribution in [0.2, 0.25) is 0 Å². The molecule has 3 nitrogen and oxygen atoms in total. The van der Waals surface area contributed by atoms with E-state index < -0.39 is 0 Å². The Balaban J connectivity index is 2.38. The van der Waals surface area contributed by atoms with Gasteiger partial charge in [0.25, 0.3) is 0 Å². The van der Waals surface area contributed by atoms with E-state index in [1.165, 1.54) is 0 Å². The Morgan fingerprint density at radius 2 is 2.00 bits per heavy atom. The van der Waals surface area contributed by atoms with E-state index in [0.717, 1.165) is 25.9 Å². The van der Waals surface area contributed by atoms with Gasteiger partial charge in [0, 0.05) is 25.9 Å². The summed E-state index contributed by atoms with van der Waals surface area (Å²) in [4.78, 5) is 23.2. The minimum atomic E-state index is 0.0223. The molecule has 1 amide bonds. The van der Waals surface area contributed by atoms with Gasteiger partial charge < -0.3 is 4.90 Å². The lowest BCUT2D eigenvalue weighted by molar-refractivity contribution is -0.130. The van der Waals surface area contributed by atoms with Crippen molar-refractivity contribution in [3.8, 4) is 0 Å². The summed E-state index contributed by atoms with van der Waals surface area (Å²) < 4.78 is 0. The minimum Gasteiger partial charge on any atom is -0.343 e. The highest BCUT2D eigenvalue weighted by molar-refractivity contribution is 5.73. The number of rotatable bonds is 2. The maximum Gasteiger partial charge on any atom is 0.219 e. The van der Waals surface area contributed by atoms with Crippen LogP contribution in [0.5, 0.6) is 0 Å². The second-order valence-corrected chi connectivity index (χ2v) is 3.75. The van der Waals surface area contributed by atoms with Gasteiger partial charge in [-0.2, -0.15) is 0 Å². The summed E-state index contributed by atoms with van der Waals surface area (Å²) in [5.41, 5.74) is 0. The van der Waals surface area contributed by atoms with Crippen LogP contribution in [0, 0.1) is 11.8 Å². The fraction of sp³-hybridized carbons (Fsp3) is 0.800. The number of hydrogen-bond donors (Lipinski definition) is 0. The second kappa shape index (κ2) is 4.40. The molecule has 1 aliphatic heterocycles. The lowest BCUT2D eigenvalue weighted by Crippen LogP contribution is -2.38. The van der Waals surface area contributed by atoms with Gasteiger partial charge >= 0.3 is 0 Å². The average Bonchev–Trinajstić information content (AvgIpc) is 2.17. The number of hydrogen-bond acceptors (Lipinski definition) is 2. The van der Waals surface area contributed by atoms with Crippen molar-refractivity contribution >= 4 is 12.2 Å². The van der Waals surface area contributed by atoms with Crippen molar-refractivity contribution in [2.24, 2.45) is 11.8 Å². The molecule has 1 heterocycles. The van der Waals surface area contributed by atoms with Crippen LogP contribution in [0.15, 0.2) is 0 Å². The van der Waals surface area contributed by atoms with Crippen molar-refractivity contribution in [3.05, 3.63) is 0 Å². The number of nitrogens with zero attached hydrogens (tertiary/aromatic N) is 1. The molecule has 0 aliphatic carbocycles. The van der Waals surface area contributed by atoms with E-state index in [0.29, 0.717) is 5.92 Å². The maximum atomic E-state index is 11.0. The molecule has 0 aromatic carbocycles. The first-order valence-electron chi connectivity index (χ1n) is 4.78. The molecular formula is C10H16NO2. The van der Waals surface area contributed by atoms with Crippen molar-refractivity contribution < 1.29 is 9.59 Å². The molecule has 0 aromatic rings. The highest BCUT2D eigenvalue weighted by Gasteiger charge is 2.24. The molecule has 1 fully saturated rings. The van der Waals surface area contributed by atoms with Crippen LogP contribution in [0.1, 0.15) is 26.7 Å². The summed E-state index contributed by atoms with van der Waals surface area (Å²) in [5.74, 6) is 0.586. The normalized spacial score (nSPS) is 21.2. The van der Waals surface area contributed by atoms with Crippen LogP contribution in [0.4, 0.5) is 0 Å². The van der Waals surface area contributed by atoms with Crippen molar-refractivity contribution in [1.82, 2.24) is 4.90 Å². The Kier molecular flexibility index (Phi) is 3.46. The fourth-order valence-corrected chi connectivity index (χ4v) is 1.81. The van der Waals surface area contributed by atoms with Crippen molar-refractivity contribution in [3.63, 3.8) is 0 Å². The van der Waals surface area contributed by atoms with Crippen molar-refractivity contribution in [1.29, 1.82) is 0 Å². The van der Waals surface area contributed by atoms with E-state index in [4.69, 9.17) is 0 Å². The molecule has 0 bridgehead atoms. The average molecular weight is 182 g/mol. The Morgan fingerprint density at radius 3 is 2.38 bits per heavy atom. The molecule has 1 aliphatic rings. The second-order valence-electron chi connectivity index (χ2n) is 3.75. The van der Waals surface area contributed by atoms with Gasteiger partial charge in [-0.05, 0) is 18.8 Å². The number of piperidine rings is 1. The molecule has 13 heavy (non-hydrogen) atoms. The van der Waals surface area contributed by atoms with E-state index in [1.54, 1.807) is 6.92 Å². The standard InChI is InChI=1S/C10H16NO2/c1-8(7-12)10-3-5-11(6-4-10)9(2)13/h8,10H,3-6H2,1-2H3. The maximum absolute atomic E-state index is 11.0. The molecular weight excluding hydrogens is 166 g/mol. The molecule has 1 rings (SSSR count). The van der Waals surface area contributed by atoms with E-state index in [9.17, 15) is 9.59 Å². The van der Waals surface area contributed by atoms with E-state index in [2.05, 4.69) is 0 Å². The van der Waals surface area contributed by atoms with Crippen molar-refractivity contribution in [2.75, 3.05) is 13.1 Å². The number of likely N-dealkylation sites (tertiary alicyclic amines) is 1. The molecule has 3 heteroatoms. The van der Waals surface area contributed by atoms with E-state index >= 15 is 0 Å². The third-order valence-electron chi connectivity index (χ3n) is 2.88. The topological polar surface area (TPSA) is 37.4 Å². The van der Waals surface area contributed by atoms with Crippen LogP contribution in [-0.4, -0.2) is 30.2 Å². The highest BCUT2D eigenvalue weighted by Crippen LogP contribution is 2.23. The lowest BCUT2D eigenvalue weighted by Gasteiger charge is -2.32. The summed E-state index contributed by atoms with van der Waals surface area (Å²) in [6.07, 6.45) is 3.91. The predicted octanol–water partition coefficient (Wildman–Crippen LogP) is 0.991. The van der Waals surface area contributed by atoms with Crippen LogP contribution < -0.4 is 0 Å². The summed E-state index contributed by atoms with van der Waals surface area (Å²) in [6.45, 7) is 5.09. The molecule has 0 saturated carbocycles. The number of amides is 1. The van der Waals surface area contributed by atoms with Crippen molar-refractivity contribution in [2.45, 2.75) is 26.7 Å². The van der Waals surface area contributed by atoms with E-state index in [1.807, 2.05) is 18.1 Å². The van der Waals surface area contributed by atoms with Crippen LogP contribution in [0.3, 0.4) is 0 Å². The summed E-state index contributed by atoms with van der Waals surface area (Å²) >= 11 is 0. The Hall–Kier alpha value is -0.860. The quantitative estimate of drug-likeness (QED) is 0.638. The minimum absolute atomic E-state index is 0.0223. The largest absolute Gasteiger partial charge is 0.343 e. The zero-order chi connectivity index (χ0) is 9.84. The van der Waals surface area contributed by atoms with Gasteiger partial charge in [-0.1, -0.05) is 6.92 Å². The smallest absolute Gasteiger partial charge is 0.219 e. The monoisotopic (exact) mass is 182 g/mol. The van der Waals surface area contributed by atoms with Gasteiger partial charge in [0.2, 0.25) is 12.2 Å². The fourth-order valence-electron chi connectivity index (χ4n) is 1.81. The highest BCUT2D eigenvalue weighted by atomic mass is 16.2. The first kappa shape index (κ1) is 10.2. The molecule has 0 N–H and O–H groups in total. The zero-order valence-electron chi connectivity index (χ0n) is 8.25. The molecule has 0 spiro atoms. The third kappa shape index (κ3) is 2.54. The lowest BCUT2D eigenvalue weighted by atomic mass is 9.86. The SMILES string of the molecule is CC(=O)N1CCC(C(C)[C]=O)CC1. The van der Waals surface area contributed by atoms with E-state index in [-0.39, 0.29) is 11.8 Å². The summed E-state index contributed by atoms with van der Waals surface area (Å²) in [6, 6.07) is 0. The molecule has 0 aromatic heterocycles. The van der Waals surface area contributed by atoms with Crippen LogP contribution in [-0.2, 0) is 9.59 Å². The van der Waals surface area contributed by atoms with Gasteiger partial charge in [-0.25, -0.2) is 0 Å². The molecule has 1 saturated heterocycles. The molecule has 1 unspecified atom stereocenters.